The summed E-state index contributed by atoms with van der Waals surface area (Å²) in [5.74, 6) is -1.14. The smallest absolute Gasteiger partial charge is 0.544 e. The molecule has 1 aliphatic rings. The number of anilines is 1. The zero-order valence-corrected chi connectivity index (χ0v) is 8.95. The predicted octanol–water partition coefficient (Wildman–Crippen LogP) is -2.42. The maximum atomic E-state index is 10.7. The molecular weight excluding hydrogens is 193 g/mol. The van der Waals surface area contributed by atoms with Crippen molar-refractivity contribution in [1.29, 1.82) is 0 Å². The monoisotopic (exact) mass is 203 g/mol. The molecule has 1 heterocycles. The van der Waals surface area contributed by atoms with Crippen LogP contribution in [-0.4, -0.2) is 5.97 Å². The number of carboxylic acids is 1. The Morgan fingerprint density at radius 3 is 2.57 bits per heavy atom. The van der Waals surface area contributed by atoms with Crippen molar-refractivity contribution in [1.82, 2.24) is 0 Å². The van der Waals surface area contributed by atoms with Gasteiger partial charge >= 0.3 is 18.9 Å². The molecule has 1 aliphatic carbocycles. The quantitative estimate of drug-likeness (QED) is 0.516. The summed E-state index contributed by atoms with van der Waals surface area (Å²) >= 11 is 1.28. The van der Waals surface area contributed by atoms with Gasteiger partial charge in [-0.05, 0) is 31.2 Å². The second-order valence-corrected chi connectivity index (χ2v) is 4.35. The number of carbonyl (C=O) groups excluding carboxylic acids is 1. The minimum Gasteiger partial charge on any atom is -0.544 e. The van der Waals surface area contributed by atoms with Crippen LogP contribution in [0.2, 0.25) is 0 Å². The number of aromatic carboxylic acids is 1. The van der Waals surface area contributed by atoms with Crippen LogP contribution in [-0.2, 0) is 12.8 Å². The van der Waals surface area contributed by atoms with E-state index in [0.717, 1.165) is 36.1 Å². The molecule has 5 heteroatoms. The maximum absolute atomic E-state index is 10.7. The summed E-state index contributed by atoms with van der Waals surface area (Å²) in [6.45, 7) is 0. The fourth-order valence-corrected chi connectivity index (χ4v) is 2.89. The summed E-state index contributed by atoms with van der Waals surface area (Å²) < 4.78 is 0. The van der Waals surface area contributed by atoms with Gasteiger partial charge in [-0.2, -0.15) is 0 Å². The summed E-state index contributed by atoms with van der Waals surface area (Å²) in [6, 6.07) is 0. The maximum Gasteiger partial charge on any atom is 1.00 e. The molecule has 0 atom stereocenters. The number of fused-ring (bicyclic) bond motifs is 1. The zero-order chi connectivity index (χ0) is 9.42. The zero-order valence-electron chi connectivity index (χ0n) is 8.13. The van der Waals surface area contributed by atoms with Gasteiger partial charge in [0.2, 0.25) is 0 Å². The number of nitrogen functional groups attached to an aromatic ring is 1. The molecule has 1 aromatic heterocycles. The van der Waals surface area contributed by atoms with E-state index in [1.807, 2.05) is 0 Å². The number of thiophene rings is 1. The molecule has 3 nitrogen and oxygen atoms in total. The van der Waals surface area contributed by atoms with Crippen LogP contribution in [0.15, 0.2) is 0 Å². The van der Waals surface area contributed by atoms with E-state index in [0.29, 0.717) is 5.69 Å². The van der Waals surface area contributed by atoms with Crippen molar-refractivity contribution in [3.05, 3.63) is 15.3 Å². The Morgan fingerprint density at radius 2 is 2.00 bits per heavy atom. The van der Waals surface area contributed by atoms with Gasteiger partial charge in [-0.15, -0.1) is 11.3 Å². The van der Waals surface area contributed by atoms with Crippen molar-refractivity contribution in [2.75, 3.05) is 5.73 Å². The number of carboxylic acid groups (broad SMARTS) is 1. The molecule has 0 spiro atoms. The Kier molecular flexibility index (Phi) is 3.65. The van der Waals surface area contributed by atoms with E-state index in [4.69, 9.17) is 5.73 Å². The van der Waals surface area contributed by atoms with Gasteiger partial charge in [0.25, 0.3) is 0 Å². The second-order valence-electron chi connectivity index (χ2n) is 3.24. The minimum atomic E-state index is -1.14. The Labute approximate surface area is 98.5 Å². The number of nitrogens with two attached hydrogens (primary N) is 1. The van der Waals surface area contributed by atoms with Gasteiger partial charge in [-0.1, -0.05) is 0 Å². The van der Waals surface area contributed by atoms with Crippen LogP contribution in [0.4, 0.5) is 5.69 Å². The van der Waals surface area contributed by atoms with Crippen LogP contribution >= 0.6 is 11.3 Å². The molecular formula is C9H10LiNO2S. The van der Waals surface area contributed by atoms with E-state index >= 15 is 0 Å². The van der Waals surface area contributed by atoms with Gasteiger partial charge in [0.15, 0.2) is 0 Å². The minimum absolute atomic E-state index is 0. The molecule has 0 bridgehead atoms. The van der Waals surface area contributed by atoms with Crippen molar-refractivity contribution in [3.8, 4) is 0 Å². The molecule has 1 aromatic rings. The number of aryl methyl sites for hydroxylation is 1. The standard InChI is InChI=1S/C9H11NO2S.Li/c10-7-5-3-1-2-4-6(5)13-8(7)9(11)12;/h1-4,10H2,(H,11,12);/q;+1/p-1. The van der Waals surface area contributed by atoms with Crippen LogP contribution in [0.25, 0.3) is 0 Å². The van der Waals surface area contributed by atoms with Gasteiger partial charge in [-0.25, -0.2) is 0 Å². The molecule has 0 aromatic carbocycles. The average molecular weight is 203 g/mol. The van der Waals surface area contributed by atoms with Crippen molar-refractivity contribution in [2.24, 2.45) is 0 Å². The fourth-order valence-electron chi connectivity index (χ4n) is 1.74. The van der Waals surface area contributed by atoms with Gasteiger partial charge in [-0.3, -0.25) is 0 Å². The normalized spacial score (nSPS) is 14.3. The molecule has 0 saturated heterocycles. The first-order valence-corrected chi connectivity index (χ1v) is 5.13. The third-order valence-electron chi connectivity index (χ3n) is 2.40. The van der Waals surface area contributed by atoms with Crippen molar-refractivity contribution >= 4 is 23.0 Å². The Morgan fingerprint density at radius 1 is 1.36 bits per heavy atom. The predicted molar refractivity (Wildman–Crippen MR) is 49.7 cm³/mol. The average Bonchev–Trinajstić information content (AvgIpc) is 2.45. The summed E-state index contributed by atoms with van der Waals surface area (Å²) in [7, 11) is 0. The topological polar surface area (TPSA) is 66.2 Å². The first-order valence-electron chi connectivity index (χ1n) is 4.31. The van der Waals surface area contributed by atoms with E-state index < -0.39 is 5.97 Å². The van der Waals surface area contributed by atoms with Crippen LogP contribution < -0.4 is 29.7 Å². The molecule has 70 valence electrons. The van der Waals surface area contributed by atoms with Crippen molar-refractivity contribution < 1.29 is 28.8 Å². The van der Waals surface area contributed by atoms with Crippen molar-refractivity contribution in [3.63, 3.8) is 0 Å². The third kappa shape index (κ3) is 1.83. The summed E-state index contributed by atoms with van der Waals surface area (Å²) in [6.07, 6.45) is 4.14. The SMILES string of the molecule is Nc1c(C(=O)[O-])sc2c1CCCC2.[Li+]. The molecule has 14 heavy (non-hydrogen) atoms. The van der Waals surface area contributed by atoms with E-state index in [9.17, 15) is 9.90 Å². The van der Waals surface area contributed by atoms with Gasteiger partial charge in [0.1, 0.15) is 0 Å². The first kappa shape index (κ1) is 11.6. The third-order valence-corrected chi connectivity index (χ3v) is 3.69. The summed E-state index contributed by atoms with van der Waals surface area (Å²) in [5.41, 5.74) is 7.21. The molecule has 0 saturated carbocycles. The van der Waals surface area contributed by atoms with E-state index in [-0.39, 0.29) is 23.7 Å². The molecule has 2 N–H and O–H groups in total. The molecule has 0 radical (unpaired) electrons. The number of carbonyl (C=O) groups is 1. The van der Waals surface area contributed by atoms with Gasteiger partial charge in [0.05, 0.1) is 16.5 Å². The van der Waals surface area contributed by atoms with Crippen molar-refractivity contribution in [2.45, 2.75) is 25.7 Å². The number of hydrogen-bond acceptors (Lipinski definition) is 4. The van der Waals surface area contributed by atoms with E-state index in [1.165, 1.54) is 11.3 Å². The molecule has 0 fully saturated rings. The van der Waals surface area contributed by atoms with E-state index in [1.54, 1.807) is 0 Å². The first-order chi connectivity index (χ1) is 6.20. The Hall–Kier alpha value is -0.433. The van der Waals surface area contributed by atoms with Gasteiger partial charge < -0.3 is 15.6 Å². The summed E-state index contributed by atoms with van der Waals surface area (Å²) in [5, 5.41) is 10.7. The van der Waals surface area contributed by atoms with Crippen LogP contribution in [0.3, 0.4) is 0 Å². The second kappa shape index (κ2) is 4.39. The molecule has 2 rings (SSSR count). The van der Waals surface area contributed by atoms with Crippen LogP contribution in [0.1, 0.15) is 33.0 Å². The van der Waals surface area contributed by atoms with E-state index in [2.05, 4.69) is 0 Å². The number of rotatable bonds is 1. The fraction of sp³-hybridized carbons (Fsp3) is 0.444. The molecule has 0 amide bonds. The Bertz CT molecular complexity index is 362. The van der Waals surface area contributed by atoms with Crippen LogP contribution in [0, 0.1) is 0 Å². The molecule has 0 unspecified atom stereocenters. The Balaban J connectivity index is 0.000000980. The van der Waals surface area contributed by atoms with Gasteiger partial charge in [0, 0.05) is 4.88 Å². The molecule has 0 aliphatic heterocycles. The summed E-state index contributed by atoms with van der Waals surface area (Å²) in [4.78, 5) is 12.0. The largest absolute Gasteiger partial charge is 1.00 e. The van der Waals surface area contributed by atoms with Crippen LogP contribution in [0.5, 0.6) is 0 Å². The number of hydrogen-bond donors (Lipinski definition) is 1.